The molecular weight excluding hydrogens is 269 g/mol. The molecule has 21 heavy (non-hydrogen) atoms. The molecule has 1 N–H and O–H groups in total. The Kier molecular flexibility index (Phi) is 2.41. The van der Waals surface area contributed by atoms with Crippen molar-refractivity contribution in [3.8, 4) is 16.9 Å². The summed E-state index contributed by atoms with van der Waals surface area (Å²) in [4.78, 5) is 8.18. The van der Waals surface area contributed by atoms with Gasteiger partial charge in [-0.05, 0) is 42.0 Å². The lowest BCUT2D eigenvalue weighted by Crippen LogP contribution is -1.87. The summed E-state index contributed by atoms with van der Waals surface area (Å²) >= 11 is 0. The number of hydrogen-bond donors (Lipinski definition) is 1. The monoisotopic (exact) mass is 279 g/mol. The van der Waals surface area contributed by atoms with Gasteiger partial charge in [0, 0.05) is 24.0 Å². The van der Waals surface area contributed by atoms with E-state index in [9.17, 15) is 9.50 Å². The summed E-state index contributed by atoms with van der Waals surface area (Å²) in [6.07, 6.45) is 3.37. The van der Waals surface area contributed by atoms with Crippen molar-refractivity contribution in [1.82, 2.24) is 14.4 Å². The molecule has 1 aromatic carbocycles. The van der Waals surface area contributed by atoms with E-state index >= 15 is 0 Å². The van der Waals surface area contributed by atoms with Crippen LogP contribution in [0.5, 0.6) is 5.75 Å². The van der Waals surface area contributed by atoms with Crippen molar-refractivity contribution in [3.63, 3.8) is 0 Å². The number of benzene rings is 1. The maximum Gasteiger partial charge on any atom is 0.212 e. The van der Waals surface area contributed by atoms with Crippen molar-refractivity contribution in [2.45, 2.75) is 0 Å². The van der Waals surface area contributed by atoms with Crippen LogP contribution in [0, 0.1) is 5.95 Å². The summed E-state index contributed by atoms with van der Waals surface area (Å²) < 4.78 is 14.8. The van der Waals surface area contributed by atoms with Gasteiger partial charge < -0.3 is 5.11 Å². The first-order valence-corrected chi connectivity index (χ1v) is 6.43. The number of phenolic OH excluding ortho intramolecular Hbond substituents is 1. The van der Waals surface area contributed by atoms with E-state index in [1.165, 1.54) is 12.3 Å². The van der Waals surface area contributed by atoms with Gasteiger partial charge in [0.1, 0.15) is 11.4 Å². The zero-order valence-electron chi connectivity index (χ0n) is 10.9. The molecule has 0 amide bonds. The average Bonchev–Trinajstić information content (AvgIpc) is 2.85. The molecule has 4 rings (SSSR count). The number of aromatic hydroxyl groups is 1. The Morgan fingerprint density at radius 2 is 1.90 bits per heavy atom. The van der Waals surface area contributed by atoms with E-state index in [1.54, 1.807) is 24.3 Å². The van der Waals surface area contributed by atoms with Crippen molar-refractivity contribution in [2.24, 2.45) is 0 Å². The molecule has 0 aliphatic carbocycles. The average molecular weight is 279 g/mol. The normalized spacial score (nSPS) is 11.3. The first-order chi connectivity index (χ1) is 10.2. The number of phenols is 1. The molecule has 4 aromatic rings. The van der Waals surface area contributed by atoms with Crippen LogP contribution in [0.4, 0.5) is 4.39 Å². The van der Waals surface area contributed by atoms with Crippen LogP contribution in [0.2, 0.25) is 0 Å². The van der Waals surface area contributed by atoms with Crippen LogP contribution >= 0.6 is 0 Å². The molecule has 102 valence electrons. The quantitative estimate of drug-likeness (QED) is 0.543. The van der Waals surface area contributed by atoms with Gasteiger partial charge in [-0.15, -0.1) is 0 Å². The molecule has 0 atom stereocenters. The molecule has 0 spiro atoms. The molecule has 0 aliphatic heterocycles. The Hall–Kier alpha value is -2.95. The third-order valence-corrected chi connectivity index (χ3v) is 3.45. The van der Waals surface area contributed by atoms with Crippen molar-refractivity contribution < 1.29 is 9.50 Å². The third-order valence-electron chi connectivity index (χ3n) is 3.45. The van der Waals surface area contributed by atoms with Crippen LogP contribution in [0.1, 0.15) is 0 Å². The molecule has 3 heterocycles. The lowest BCUT2D eigenvalue weighted by molar-refractivity contribution is 0.476. The number of halogens is 1. The van der Waals surface area contributed by atoms with Gasteiger partial charge in [0.2, 0.25) is 5.95 Å². The van der Waals surface area contributed by atoms with Crippen LogP contribution in [-0.2, 0) is 0 Å². The lowest BCUT2D eigenvalue weighted by Gasteiger charge is -2.02. The third kappa shape index (κ3) is 1.90. The van der Waals surface area contributed by atoms with E-state index in [4.69, 9.17) is 0 Å². The fourth-order valence-corrected chi connectivity index (χ4v) is 2.43. The van der Waals surface area contributed by atoms with Crippen molar-refractivity contribution in [1.29, 1.82) is 0 Å². The molecule has 0 unspecified atom stereocenters. The first-order valence-electron chi connectivity index (χ1n) is 6.43. The van der Waals surface area contributed by atoms with Crippen LogP contribution in [-0.4, -0.2) is 19.5 Å². The van der Waals surface area contributed by atoms with Crippen molar-refractivity contribution >= 4 is 16.7 Å². The Balaban J connectivity index is 1.94. The molecule has 3 aromatic heterocycles. The zero-order chi connectivity index (χ0) is 14.4. The highest BCUT2D eigenvalue weighted by Gasteiger charge is 2.07. The van der Waals surface area contributed by atoms with E-state index in [0.717, 1.165) is 27.8 Å². The molecule has 0 saturated heterocycles. The van der Waals surface area contributed by atoms with E-state index in [-0.39, 0.29) is 5.75 Å². The van der Waals surface area contributed by atoms with Crippen LogP contribution in [0.3, 0.4) is 0 Å². The van der Waals surface area contributed by atoms with Crippen LogP contribution < -0.4 is 0 Å². The molecule has 5 heteroatoms. The maximum atomic E-state index is 12.9. The van der Waals surface area contributed by atoms with Crippen molar-refractivity contribution in [2.75, 3.05) is 0 Å². The summed E-state index contributed by atoms with van der Waals surface area (Å²) in [5, 5.41) is 9.58. The number of hydrogen-bond acceptors (Lipinski definition) is 3. The van der Waals surface area contributed by atoms with Crippen molar-refractivity contribution in [3.05, 3.63) is 60.8 Å². The Morgan fingerprint density at radius 1 is 1.00 bits per heavy atom. The molecule has 4 nitrogen and oxygen atoms in total. The van der Waals surface area contributed by atoms with Gasteiger partial charge in [0.25, 0.3) is 0 Å². The second kappa shape index (κ2) is 4.28. The van der Waals surface area contributed by atoms with Gasteiger partial charge in [0.15, 0.2) is 0 Å². The topological polar surface area (TPSA) is 50.4 Å². The summed E-state index contributed by atoms with van der Waals surface area (Å²) in [7, 11) is 0. The first kappa shape index (κ1) is 11.8. The van der Waals surface area contributed by atoms with Gasteiger partial charge in [0.05, 0.1) is 11.0 Å². The molecule has 0 aliphatic rings. The minimum absolute atomic E-state index is 0.205. The Morgan fingerprint density at radius 3 is 2.71 bits per heavy atom. The Labute approximate surface area is 119 Å². The number of nitrogens with zero attached hydrogens (tertiary/aromatic N) is 3. The summed E-state index contributed by atoms with van der Waals surface area (Å²) in [5.74, 6) is -0.294. The number of imidazole rings is 1. The highest BCUT2D eigenvalue weighted by molar-refractivity contribution is 5.83. The smallest absolute Gasteiger partial charge is 0.212 e. The molecule has 0 saturated carbocycles. The lowest BCUT2D eigenvalue weighted by atomic mass is 10.1. The van der Waals surface area contributed by atoms with Gasteiger partial charge in [-0.1, -0.05) is 0 Å². The highest BCUT2D eigenvalue weighted by atomic mass is 19.1. The fourth-order valence-electron chi connectivity index (χ4n) is 2.43. The van der Waals surface area contributed by atoms with Gasteiger partial charge >= 0.3 is 0 Å². The maximum absolute atomic E-state index is 12.9. The standard InChI is InChI=1S/C16H10FN3O/c17-15-4-1-11(9-18-15)10-5-6-20-14-8-12(21)2-3-13(14)19-16(20)7-10/h1-9,21H. The van der Waals surface area contributed by atoms with Gasteiger partial charge in [-0.25, -0.2) is 9.97 Å². The van der Waals surface area contributed by atoms with Crippen LogP contribution in [0.15, 0.2) is 54.9 Å². The summed E-state index contributed by atoms with van der Waals surface area (Å²) in [6, 6.07) is 11.9. The van der Waals surface area contributed by atoms with E-state index in [2.05, 4.69) is 9.97 Å². The number of rotatable bonds is 1. The fraction of sp³-hybridized carbons (Fsp3) is 0. The number of pyridine rings is 2. The summed E-state index contributed by atoms with van der Waals surface area (Å²) in [6.45, 7) is 0. The van der Waals surface area contributed by atoms with Crippen LogP contribution in [0.25, 0.3) is 27.8 Å². The number of aromatic nitrogens is 3. The predicted octanol–water partition coefficient (Wildman–Crippen LogP) is 3.39. The van der Waals surface area contributed by atoms with Gasteiger partial charge in [-0.2, -0.15) is 4.39 Å². The molecular formula is C16H10FN3O. The Bertz CT molecular complexity index is 961. The van der Waals surface area contributed by atoms with E-state index in [0.29, 0.717) is 0 Å². The molecule has 0 fully saturated rings. The second-order valence-corrected chi connectivity index (χ2v) is 4.80. The molecule has 0 radical (unpaired) electrons. The SMILES string of the molecule is Oc1ccc2nc3cc(-c4ccc(F)nc4)ccn3c2c1. The minimum atomic E-state index is -0.498. The largest absolute Gasteiger partial charge is 0.508 e. The predicted molar refractivity (Wildman–Crippen MR) is 77.6 cm³/mol. The molecule has 0 bridgehead atoms. The highest BCUT2D eigenvalue weighted by Crippen LogP contribution is 2.25. The van der Waals surface area contributed by atoms with E-state index < -0.39 is 5.95 Å². The minimum Gasteiger partial charge on any atom is -0.508 e. The number of fused-ring (bicyclic) bond motifs is 3. The summed E-state index contributed by atoms with van der Waals surface area (Å²) in [5.41, 5.74) is 4.15. The van der Waals surface area contributed by atoms with E-state index in [1.807, 2.05) is 22.7 Å². The second-order valence-electron chi connectivity index (χ2n) is 4.80. The zero-order valence-corrected chi connectivity index (χ0v) is 10.9. The van der Waals surface area contributed by atoms with Gasteiger partial charge in [-0.3, -0.25) is 4.40 Å².